The summed E-state index contributed by atoms with van der Waals surface area (Å²) in [7, 11) is 0. The molecule has 0 aromatic heterocycles. The van der Waals surface area contributed by atoms with Crippen molar-refractivity contribution in [2.75, 3.05) is 19.6 Å². The zero-order chi connectivity index (χ0) is 17.0. The van der Waals surface area contributed by atoms with Gasteiger partial charge in [-0.1, -0.05) is 67.2 Å². The van der Waals surface area contributed by atoms with E-state index in [2.05, 4.69) is 35.7 Å². The van der Waals surface area contributed by atoms with Crippen LogP contribution in [-0.4, -0.2) is 35.2 Å². The zero-order valence-corrected chi connectivity index (χ0v) is 14.1. The number of benzene rings is 2. The average Bonchev–Trinajstić information content (AvgIpc) is 2.61. The lowest BCUT2D eigenvalue weighted by atomic mass is 9.73. The van der Waals surface area contributed by atoms with Crippen LogP contribution in [0, 0.1) is 0 Å². The summed E-state index contributed by atoms with van der Waals surface area (Å²) < 4.78 is 0. The van der Waals surface area contributed by atoms with Gasteiger partial charge in [-0.3, -0.25) is 4.90 Å². The summed E-state index contributed by atoms with van der Waals surface area (Å²) in [5.41, 5.74) is 8.33. The first kappa shape index (κ1) is 16.9. The third-order valence-electron chi connectivity index (χ3n) is 5.10. The second-order valence-corrected chi connectivity index (χ2v) is 6.67. The van der Waals surface area contributed by atoms with Crippen LogP contribution in [0.4, 0.5) is 0 Å². The van der Waals surface area contributed by atoms with Crippen molar-refractivity contribution in [2.24, 2.45) is 5.73 Å². The Labute approximate surface area is 144 Å². The van der Waals surface area contributed by atoms with Crippen molar-refractivity contribution in [3.63, 3.8) is 0 Å². The van der Waals surface area contributed by atoms with E-state index in [4.69, 9.17) is 5.73 Å². The lowest BCUT2D eigenvalue weighted by Gasteiger charge is -2.44. The molecule has 126 valence electrons. The van der Waals surface area contributed by atoms with Gasteiger partial charge in [0.1, 0.15) is 0 Å². The molecule has 2 aromatic rings. The van der Waals surface area contributed by atoms with Gasteiger partial charge in [0.25, 0.3) is 0 Å². The monoisotopic (exact) mass is 322 g/mol. The maximum atomic E-state index is 11.3. The molecular formula is C21H26N2O. The number of rotatable bonds is 5. The third-order valence-corrected chi connectivity index (χ3v) is 5.10. The zero-order valence-electron chi connectivity index (χ0n) is 14.1. The summed E-state index contributed by atoms with van der Waals surface area (Å²) >= 11 is 0. The number of nitrogens with two attached hydrogens (primary N) is 1. The number of likely N-dealkylation sites (tertiary alicyclic amines) is 1. The fourth-order valence-corrected chi connectivity index (χ4v) is 3.68. The third kappa shape index (κ3) is 3.44. The minimum Gasteiger partial charge on any atom is -0.385 e. The van der Waals surface area contributed by atoms with Crippen molar-refractivity contribution in [2.45, 2.75) is 24.5 Å². The fraction of sp³-hybridized carbons (Fsp3) is 0.333. The van der Waals surface area contributed by atoms with E-state index in [-0.39, 0.29) is 5.92 Å². The number of hydrogen-bond donors (Lipinski definition) is 2. The molecule has 0 bridgehead atoms. The molecule has 2 unspecified atom stereocenters. The summed E-state index contributed by atoms with van der Waals surface area (Å²) in [6.45, 7) is 7.05. The molecule has 24 heavy (non-hydrogen) atoms. The van der Waals surface area contributed by atoms with E-state index < -0.39 is 5.60 Å². The Bertz CT molecular complexity index is 671. The van der Waals surface area contributed by atoms with Crippen molar-refractivity contribution in [3.05, 3.63) is 83.9 Å². The Balaban J connectivity index is 1.73. The minimum atomic E-state index is -0.927. The number of hydrogen-bond acceptors (Lipinski definition) is 3. The number of aliphatic hydroxyl groups is 1. The predicted molar refractivity (Wildman–Crippen MR) is 98.7 cm³/mol. The first-order valence-electron chi connectivity index (χ1n) is 8.55. The van der Waals surface area contributed by atoms with Gasteiger partial charge >= 0.3 is 0 Å². The molecule has 0 spiro atoms. The Hall–Kier alpha value is -1.94. The van der Waals surface area contributed by atoms with E-state index in [1.54, 1.807) is 0 Å². The lowest BCUT2D eigenvalue weighted by molar-refractivity contribution is 0.00481. The predicted octanol–water partition coefficient (Wildman–Crippen LogP) is 2.92. The van der Waals surface area contributed by atoms with Gasteiger partial charge in [0, 0.05) is 32.1 Å². The molecule has 0 amide bonds. The highest BCUT2D eigenvalue weighted by molar-refractivity contribution is 5.32. The molecule has 2 atom stereocenters. The van der Waals surface area contributed by atoms with Crippen LogP contribution in [0.2, 0.25) is 0 Å². The van der Waals surface area contributed by atoms with Crippen LogP contribution in [-0.2, 0) is 6.54 Å². The van der Waals surface area contributed by atoms with Crippen LogP contribution < -0.4 is 5.73 Å². The highest BCUT2D eigenvalue weighted by Crippen LogP contribution is 2.39. The standard InChI is InChI=1S/C21H26N2O/c1-17-15-23(16-18-8-4-2-5-9-18)13-12-21(17,24)20(14-22)19-10-6-3-7-11-19/h2-11,20,24H,1,12-16,22H2. The highest BCUT2D eigenvalue weighted by atomic mass is 16.3. The topological polar surface area (TPSA) is 49.5 Å². The molecule has 0 radical (unpaired) electrons. The summed E-state index contributed by atoms with van der Waals surface area (Å²) in [5, 5.41) is 11.3. The van der Waals surface area contributed by atoms with Gasteiger partial charge in [-0.2, -0.15) is 0 Å². The molecule has 3 heteroatoms. The molecule has 0 aliphatic carbocycles. The summed E-state index contributed by atoms with van der Waals surface area (Å²) in [6, 6.07) is 20.5. The van der Waals surface area contributed by atoms with Crippen molar-refractivity contribution in [1.82, 2.24) is 4.90 Å². The molecule has 0 saturated carbocycles. The molecule has 3 nitrogen and oxygen atoms in total. The van der Waals surface area contributed by atoms with Gasteiger partial charge in [0.15, 0.2) is 0 Å². The summed E-state index contributed by atoms with van der Waals surface area (Å²) in [6.07, 6.45) is 0.662. The van der Waals surface area contributed by atoms with Crippen LogP contribution >= 0.6 is 0 Å². The fourth-order valence-electron chi connectivity index (χ4n) is 3.68. The van der Waals surface area contributed by atoms with Crippen LogP contribution in [0.15, 0.2) is 72.8 Å². The van der Waals surface area contributed by atoms with Gasteiger partial charge < -0.3 is 10.8 Å². The first-order chi connectivity index (χ1) is 11.6. The van der Waals surface area contributed by atoms with Crippen molar-refractivity contribution in [1.29, 1.82) is 0 Å². The quantitative estimate of drug-likeness (QED) is 0.832. The van der Waals surface area contributed by atoms with E-state index >= 15 is 0 Å². The normalized spacial score (nSPS) is 23.2. The molecule has 1 aliphatic heterocycles. The van der Waals surface area contributed by atoms with Gasteiger partial charge in [0.2, 0.25) is 0 Å². The molecule has 1 saturated heterocycles. The molecular weight excluding hydrogens is 296 g/mol. The SMILES string of the molecule is C=C1CN(Cc2ccccc2)CCC1(O)C(CN)c1ccccc1. The Morgan fingerprint density at radius 2 is 1.71 bits per heavy atom. The largest absolute Gasteiger partial charge is 0.385 e. The van der Waals surface area contributed by atoms with Crippen molar-refractivity contribution >= 4 is 0 Å². The second kappa shape index (κ2) is 7.31. The second-order valence-electron chi connectivity index (χ2n) is 6.67. The maximum Gasteiger partial charge on any atom is 0.0959 e. The lowest BCUT2D eigenvalue weighted by Crippen LogP contribution is -2.51. The minimum absolute atomic E-state index is 0.106. The van der Waals surface area contributed by atoms with E-state index in [0.29, 0.717) is 19.5 Å². The van der Waals surface area contributed by atoms with E-state index in [0.717, 1.165) is 24.2 Å². The van der Waals surface area contributed by atoms with Crippen LogP contribution in [0.3, 0.4) is 0 Å². The van der Waals surface area contributed by atoms with Crippen molar-refractivity contribution < 1.29 is 5.11 Å². The summed E-state index contributed by atoms with van der Waals surface area (Å²) in [5.74, 6) is -0.106. The summed E-state index contributed by atoms with van der Waals surface area (Å²) in [4.78, 5) is 2.34. The van der Waals surface area contributed by atoms with Gasteiger partial charge in [-0.15, -0.1) is 0 Å². The molecule has 1 fully saturated rings. The average molecular weight is 322 g/mol. The van der Waals surface area contributed by atoms with Crippen molar-refractivity contribution in [3.8, 4) is 0 Å². The number of nitrogens with zero attached hydrogens (tertiary/aromatic N) is 1. The van der Waals surface area contributed by atoms with Crippen LogP contribution in [0.1, 0.15) is 23.5 Å². The molecule has 2 aromatic carbocycles. The van der Waals surface area contributed by atoms with E-state index in [1.807, 2.05) is 36.4 Å². The highest BCUT2D eigenvalue weighted by Gasteiger charge is 2.42. The Kier molecular flexibility index (Phi) is 5.14. The molecule has 1 aliphatic rings. The Morgan fingerprint density at radius 3 is 2.29 bits per heavy atom. The molecule has 3 N–H and O–H groups in total. The smallest absolute Gasteiger partial charge is 0.0959 e. The molecule has 3 rings (SSSR count). The van der Waals surface area contributed by atoms with Gasteiger partial charge in [0.05, 0.1) is 5.60 Å². The Morgan fingerprint density at radius 1 is 1.08 bits per heavy atom. The van der Waals surface area contributed by atoms with Gasteiger partial charge in [-0.25, -0.2) is 0 Å². The van der Waals surface area contributed by atoms with E-state index in [9.17, 15) is 5.11 Å². The van der Waals surface area contributed by atoms with Crippen LogP contribution in [0.25, 0.3) is 0 Å². The van der Waals surface area contributed by atoms with E-state index in [1.165, 1.54) is 5.56 Å². The van der Waals surface area contributed by atoms with Crippen LogP contribution in [0.5, 0.6) is 0 Å². The van der Waals surface area contributed by atoms with Gasteiger partial charge in [-0.05, 0) is 23.1 Å². The maximum absolute atomic E-state index is 11.3. The molecule has 1 heterocycles. The first-order valence-corrected chi connectivity index (χ1v) is 8.55. The number of piperidine rings is 1.